The van der Waals surface area contributed by atoms with Gasteiger partial charge in [0.05, 0.1) is 17.6 Å². The summed E-state index contributed by atoms with van der Waals surface area (Å²) < 4.78 is 53.9. The van der Waals surface area contributed by atoms with Crippen molar-refractivity contribution in [1.29, 1.82) is 0 Å². The highest BCUT2D eigenvalue weighted by Gasteiger charge is 2.17. The van der Waals surface area contributed by atoms with E-state index in [1.807, 2.05) is 6.92 Å². The molecule has 136 valence electrons. The fourth-order valence-corrected chi connectivity index (χ4v) is 4.46. The van der Waals surface area contributed by atoms with E-state index in [0.29, 0.717) is 5.69 Å². The first-order valence-electron chi connectivity index (χ1n) is 7.67. The molecule has 9 heteroatoms. The van der Waals surface area contributed by atoms with Crippen molar-refractivity contribution in [3.8, 4) is 0 Å². The number of benzene rings is 1. The number of halogens is 2. The number of aryl methyl sites for hydroxylation is 1. The van der Waals surface area contributed by atoms with Crippen molar-refractivity contribution in [1.82, 2.24) is 4.98 Å². The molecule has 0 saturated carbocycles. The maximum atomic E-state index is 13.6. The molecule has 0 amide bonds. The van der Waals surface area contributed by atoms with Gasteiger partial charge in [-0.2, -0.15) is 0 Å². The van der Waals surface area contributed by atoms with Crippen LogP contribution in [0.4, 0.5) is 26.0 Å². The normalized spacial score (nSPS) is 11.3. The van der Waals surface area contributed by atoms with Gasteiger partial charge in [-0.1, -0.05) is 6.92 Å². The Morgan fingerprint density at radius 1 is 1.12 bits per heavy atom. The predicted molar refractivity (Wildman–Crippen MR) is 98.4 cm³/mol. The monoisotopic (exact) mass is 395 g/mol. The minimum Gasteiger partial charge on any atom is -0.352 e. The van der Waals surface area contributed by atoms with Gasteiger partial charge in [-0.3, -0.25) is 4.72 Å². The van der Waals surface area contributed by atoms with E-state index in [4.69, 9.17) is 0 Å². The van der Waals surface area contributed by atoms with Crippen LogP contribution in [0, 0.1) is 11.6 Å². The molecular formula is C17H15F2N3O2S2. The lowest BCUT2D eigenvalue weighted by atomic mass is 10.3. The third kappa shape index (κ3) is 4.17. The molecule has 0 aliphatic heterocycles. The van der Waals surface area contributed by atoms with E-state index in [1.165, 1.54) is 29.7 Å². The quantitative estimate of drug-likeness (QED) is 0.643. The smallest absolute Gasteiger partial charge is 0.272 e. The fourth-order valence-electron chi connectivity index (χ4n) is 2.16. The lowest BCUT2D eigenvalue weighted by Gasteiger charge is -2.09. The Hall–Kier alpha value is -2.52. The van der Waals surface area contributed by atoms with Gasteiger partial charge < -0.3 is 5.32 Å². The Bertz CT molecular complexity index is 1020. The summed E-state index contributed by atoms with van der Waals surface area (Å²) in [6.07, 6.45) is 2.12. The summed E-state index contributed by atoms with van der Waals surface area (Å²) in [4.78, 5) is 4.99. The maximum Gasteiger partial charge on any atom is 0.272 e. The van der Waals surface area contributed by atoms with Crippen molar-refractivity contribution in [2.24, 2.45) is 0 Å². The highest BCUT2D eigenvalue weighted by atomic mass is 32.2. The maximum absolute atomic E-state index is 13.6. The summed E-state index contributed by atoms with van der Waals surface area (Å²) in [7, 11) is -3.70. The SMILES string of the molecule is CCc1ccc(S(=O)(=O)Nc2ccc(Nc3ccc(F)cc3F)cn2)s1. The van der Waals surface area contributed by atoms with Gasteiger partial charge in [0.2, 0.25) is 0 Å². The number of pyridine rings is 1. The van der Waals surface area contributed by atoms with Crippen LogP contribution in [0.15, 0.2) is 52.9 Å². The molecule has 0 aliphatic carbocycles. The number of anilines is 3. The molecule has 1 aromatic carbocycles. The van der Waals surface area contributed by atoms with Gasteiger partial charge in [0, 0.05) is 10.9 Å². The first kappa shape index (κ1) is 18.3. The zero-order chi connectivity index (χ0) is 18.7. The number of sulfonamides is 1. The van der Waals surface area contributed by atoms with Crippen LogP contribution in [0.2, 0.25) is 0 Å². The Morgan fingerprint density at radius 3 is 2.54 bits per heavy atom. The van der Waals surface area contributed by atoms with Crippen molar-refractivity contribution in [3.63, 3.8) is 0 Å². The largest absolute Gasteiger partial charge is 0.352 e. The first-order valence-corrected chi connectivity index (χ1v) is 9.97. The van der Waals surface area contributed by atoms with Crippen molar-refractivity contribution >= 4 is 38.6 Å². The van der Waals surface area contributed by atoms with Crippen LogP contribution in [-0.2, 0) is 16.4 Å². The molecule has 5 nitrogen and oxygen atoms in total. The van der Waals surface area contributed by atoms with Crippen LogP contribution in [0.1, 0.15) is 11.8 Å². The van der Waals surface area contributed by atoms with Crippen LogP contribution >= 0.6 is 11.3 Å². The third-order valence-corrected chi connectivity index (χ3v) is 6.54. The Morgan fingerprint density at radius 2 is 1.92 bits per heavy atom. The van der Waals surface area contributed by atoms with Gasteiger partial charge in [0.1, 0.15) is 21.7 Å². The minimum atomic E-state index is -3.70. The molecule has 0 unspecified atom stereocenters. The standard InChI is InChI=1S/C17H15F2N3O2S2/c1-2-13-5-8-17(25-13)26(23,24)22-16-7-4-12(10-20-16)21-15-6-3-11(18)9-14(15)19/h3-10,21H,2H2,1H3,(H,20,22). The van der Waals surface area contributed by atoms with E-state index in [9.17, 15) is 17.2 Å². The fraction of sp³-hybridized carbons (Fsp3) is 0.118. The lowest BCUT2D eigenvalue weighted by Crippen LogP contribution is -2.12. The number of nitrogens with one attached hydrogen (secondary N) is 2. The van der Waals surface area contributed by atoms with Gasteiger partial charge in [0.25, 0.3) is 10.0 Å². The number of thiophene rings is 1. The van der Waals surface area contributed by atoms with Gasteiger partial charge in [-0.05, 0) is 42.8 Å². The molecule has 0 spiro atoms. The van der Waals surface area contributed by atoms with E-state index >= 15 is 0 Å². The zero-order valence-corrected chi connectivity index (χ0v) is 15.3. The highest BCUT2D eigenvalue weighted by Crippen LogP contribution is 2.25. The van der Waals surface area contributed by atoms with E-state index < -0.39 is 21.7 Å². The van der Waals surface area contributed by atoms with Crippen molar-refractivity contribution < 1.29 is 17.2 Å². The zero-order valence-electron chi connectivity index (χ0n) is 13.7. The lowest BCUT2D eigenvalue weighted by molar-refractivity contribution is 0.586. The molecule has 0 fully saturated rings. The van der Waals surface area contributed by atoms with Crippen LogP contribution in [0.5, 0.6) is 0 Å². The first-order chi connectivity index (χ1) is 12.4. The Labute approximate surface area is 153 Å². The van der Waals surface area contributed by atoms with Gasteiger partial charge in [-0.25, -0.2) is 22.2 Å². The molecule has 0 saturated heterocycles. The topological polar surface area (TPSA) is 71.1 Å². The van der Waals surface area contributed by atoms with Gasteiger partial charge in [0.15, 0.2) is 0 Å². The van der Waals surface area contributed by atoms with Crippen molar-refractivity contribution in [2.75, 3.05) is 10.0 Å². The molecule has 0 radical (unpaired) electrons. The predicted octanol–water partition coefficient (Wildman–Crippen LogP) is 4.53. The average molecular weight is 395 g/mol. The van der Waals surface area contributed by atoms with Crippen LogP contribution in [0.3, 0.4) is 0 Å². The molecule has 3 aromatic rings. The van der Waals surface area contributed by atoms with E-state index in [2.05, 4.69) is 15.0 Å². The number of rotatable bonds is 6. The minimum absolute atomic E-state index is 0.0900. The molecule has 2 N–H and O–H groups in total. The number of nitrogens with zero attached hydrogens (tertiary/aromatic N) is 1. The number of aromatic nitrogens is 1. The molecule has 0 aliphatic rings. The molecule has 3 rings (SSSR count). The molecule has 2 aromatic heterocycles. The van der Waals surface area contributed by atoms with Crippen molar-refractivity contribution in [2.45, 2.75) is 17.6 Å². The molecular weight excluding hydrogens is 380 g/mol. The molecule has 26 heavy (non-hydrogen) atoms. The summed E-state index contributed by atoms with van der Waals surface area (Å²) in [6, 6.07) is 9.49. The molecule has 0 bridgehead atoms. The Kier molecular flexibility index (Phi) is 5.19. The average Bonchev–Trinajstić information content (AvgIpc) is 3.09. The summed E-state index contributed by atoms with van der Waals surface area (Å²) in [5.41, 5.74) is 0.523. The third-order valence-electron chi connectivity index (χ3n) is 3.46. The van der Waals surface area contributed by atoms with E-state index in [-0.39, 0.29) is 15.7 Å². The summed E-state index contributed by atoms with van der Waals surface area (Å²) >= 11 is 1.20. The van der Waals surface area contributed by atoms with E-state index in [1.54, 1.807) is 18.2 Å². The number of hydrogen-bond acceptors (Lipinski definition) is 5. The summed E-state index contributed by atoms with van der Waals surface area (Å²) in [5.74, 6) is -1.27. The Balaban J connectivity index is 1.73. The number of hydrogen-bond donors (Lipinski definition) is 2. The van der Waals surface area contributed by atoms with Crippen molar-refractivity contribution in [3.05, 3.63) is 65.2 Å². The van der Waals surface area contributed by atoms with Crippen LogP contribution < -0.4 is 10.0 Å². The highest BCUT2D eigenvalue weighted by molar-refractivity contribution is 7.94. The molecule has 0 atom stereocenters. The summed E-state index contributed by atoms with van der Waals surface area (Å²) in [5, 5.41) is 2.75. The van der Waals surface area contributed by atoms with Crippen LogP contribution in [0.25, 0.3) is 0 Å². The van der Waals surface area contributed by atoms with Gasteiger partial charge in [-0.15, -0.1) is 11.3 Å². The van der Waals surface area contributed by atoms with Crippen LogP contribution in [-0.4, -0.2) is 13.4 Å². The van der Waals surface area contributed by atoms with Gasteiger partial charge >= 0.3 is 0 Å². The second-order valence-electron chi connectivity index (χ2n) is 5.36. The second-order valence-corrected chi connectivity index (χ2v) is 8.44. The molecule has 2 heterocycles. The van der Waals surface area contributed by atoms with E-state index in [0.717, 1.165) is 23.4 Å². The summed E-state index contributed by atoms with van der Waals surface area (Å²) in [6.45, 7) is 1.95. The second kappa shape index (κ2) is 7.38.